The molecule has 0 radical (unpaired) electrons. The van der Waals surface area contributed by atoms with Crippen LogP contribution in [0.4, 0.5) is 0 Å². The number of fused-ring (bicyclic) bond motifs is 4. The minimum absolute atomic E-state index is 0.516. The summed E-state index contributed by atoms with van der Waals surface area (Å²) in [5.41, 5.74) is 9.19. The average molecular weight is 655 g/mol. The molecular formula is C39H22N6O3S. The Morgan fingerprint density at radius 2 is 1.29 bits per heavy atom. The Morgan fingerprint density at radius 3 is 2.04 bits per heavy atom. The summed E-state index contributed by atoms with van der Waals surface area (Å²) in [6, 6.07) is 31.2. The van der Waals surface area contributed by atoms with Gasteiger partial charge in [0.15, 0.2) is 0 Å². The van der Waals surface area contributed by atoms with Crippen LogP contribution in [0.1, 0.15) is 0 Å². The average Bonchev–Trinajstić information content (AvgIpc) is 4.00. The minimum atomic E-state index is 0.516. The second kappa shape index (κ2) is 11.0. The van der Waals surface area contributed by atoms with Crippen LogP contribution in [0.2, 0.25) is 0 Å². The second-order valence-corrected chi connectivity index (χ2v) is 12.5. The molecule has 0 amide bonds. The van der Waals surface area contributed by atoms with Gasteiger partial charge in [0.25, 0.3) is 0 Å². The summed E-state index contributed by atoms with van der Waals surface area (Å²) in [5.74, 6) is 1.61. The third-order valence-electron chi connectivity index (χ3n) is 8.63. The van der Waals surface area contributed by atoms with E-state index in [1.165, 1.54) is 0 Å². The fourth-order valence-corrected chi connectivity index (χ4v) is 7.34. The van der Waals surface area contributed by atoms with Gasteiger partial charge in [0.1, 0.15) is 23.8 Å². The van der Waals surface area contributed by atoms with Gasteiger partial charge in [0, 0.05) is 33.7 Å². The third-order valence-corrected chi connectivity index (χ3v) is 9.71. The van der Waals surface area contributed by atoms with E-state index in [9.17, 15) is 0 Å². The molecule has 6 heterocycles. The van der Waals surface area contributed by atoms with Crippen LogP contribution in [-0.4, -0.2) is 29.5 Å². The van der Waals surface area contributed by atoms with Gasteiger partial charge in [0.05, 0.1) is 62.3 Å². The van der Waals surface area contributed by atoms with Crippen LogP contribution in [-0.2, 0) is 0 Å². The molecule has 49 heavy (non-hydrogen) atoms. The van der Waals surface area contributed by atoms with Crippen LogP contribution in [0.25, 0.3) is 93.9 Å². The van der Waals surface area contributed by atoms with E-state index < -0.39 is 0 Å². The second-order valence-electron chi connectivity index (χ2n) is 11.5. The van der Waals surface area contributed by atoms with Gasteiger partial charge in [-0.15, -0.1) is 11.3 Å². The van der Waals surface area contributed by atoms with Crippen molar-refractivity contribution in [2.45, 2.75) is 0 Å². The van der Waals surface area contributed by atoms with E-state index in [4.69, 9.17) is 23.2 Å². The molecular weight excluding hydrogens is 633 g/mol. The number of aromatic nitrogens is 6. The van der Waals surface area contributed by atoms with E-state index in [-0.39, 0.29) is 0 Å². The molecule has 0 N–H and O–H groups in total. The lowest BCUT2D eigenvalue weighted by Gasteiger charge is -2.14. The fourth-order valence-electron chi connectivity index (χ4n) is 6.38. The van der Waals surface area contributed by atoms with Crippen molar-refractivity contribution in [1.82, 2.24) is 29.5 Å². The predicted molar refractivity (Wildman–Crippen MR) is 189 cm³/mol. The van der Waals surface area contributed by atoms with Gasteiger partial charge in [0.2, 0.25) is 17.7 Å². The molecule has 0 unspecified atom stereocenters. The number of hydrogen-bond donors (Lipinski definition) is 0. The van der Waals surface area contributed by atoms with Crippen molar-refractivity contribution in [3.05, 3.63) is 135 Å². The summed E-state index contributed by atoms with van der Waals surface area (Å²) in [6.45, 7) is 0. The molecule has 0 aliphatic heterocycles. The van der Waals surface area contributed by atoms with E-state index in [1.54, 1.807) is 54.9 Å². The number of thiazole rings is 1. The lowest BCUT2D eigenvalue weighted by molar-refractivity contribution is 0.574. The van der Waals surface area contributed by atoms with E-state index in [0.29, 0.717) is 17.7 Å². The normalized spacial score (nSPS) is 11.7. The Bertz CT molecular complexity index is 2730. The van der Waals surface area contributed by atoms with Crippen molar-refractivity contribution >= 4 is 43.4 Å². The molecule has 4 aromatic carbocycles. The van der Waals surface area contributed by atoms with E-state index in [0.717, 1.165) is 76.2 Å². The van der Waals surface area contributed by atoms with Gasteiger partial charge in [-0.2, -0.15) is 0 Å². The Kier molecular flexibility index (Phi) is 6.15. The van der Waals surface area contributed by atoms with Gasteiger partial charge in [-0.25, -0.2) is 19.9 Å². The number of benzene rings is 4. The zero-order valence-electron chi connectivity index (χ0n) is 25.5. The maximum Gasteiger partial charge on any atom is 0.227 e. The standard InChI is InChI=1S/C39H22N6O3S/c1-2-4-35-31(3-1)44-39(49-35)25-6-9-27-29-19-24(36-40-13-16-46-36)8-12-32(29)45(33(27)21-25)34-20-23(5-10-28(34)38-42-15-18-48-38)30-11-7-26(22-43-30)37-41-14-17-47-37/h1-22H. The third kappa shape index (κ3) is 4.57. The lowest BCUT2D eigenvalue weighted by Crippen LogP contribution is -1.99. The van der Waals surface area contributed by atoms with Crippen molar-refractivity contribution in [3.63, 3.8) is 0 Å². The highest BCUT2D eigenvalue weighted by atomic mass is 32.1. The molecule has 0 aliphatic carbocycles. The van der Waals surface area contributed by atoms with E-state index in [2.05, 4.69) is 68.0 Å². The van der Waals surface area contributed by atoms with Gasteiger partial charge < -0.3 is 17.8 Å². The quantitative estimate of drug-likeness (QED) is 0.174. The van der Waals surface area contributed by atoms with Crippen LogP contribution < -0.4 is 0 Å². The Hall–Kier alpha value is -6.65. The summed E-state index contributed by atoms with van der Waals surface area (Å²) in [4.78, 5) is 23.0. The molecule has 0 saturated carbocycles. The molecule has 0 saturated heterocycles. The monoisotopic (exact) mass is 654 g/mol. The number of rotatable bonds is 6. The molecule has 0 atom stereocenters. The summed E-state index contributed by atoms with van der Waals surface area (Å²) in [5, 5.41) is 3.08. The van der Waals surface area contributed by atoms with Crippen LogP contribution in [0, 0.1) is 0 Å². The predicted octanol–water partition coefficient (Wildman–Crippen LogP) is 10.1. The molecule has 6 aromatic heterocycles. The molecule has 0 bridgehead atoms. The first-order valence-electron chi connectivity index (χ1n) is 15.5. The van der Waals surface area contributed by atoms with Crippen molar-refractivity contribution in [3.8, 4) is 61.9 Å². The minimum Gasteiger partial charge on any atom is -0.445 e. The summed E-state index contributed by atoms with van der Waals surface area (Å²) < 4.78 is 20.5. The number of para-hydroxylation sites is 1. The zero-order valence-corrected chi connectivity index (χ0v) is 26.3. The Morgan fingerprint density at radius 1 is 0.551 bits per heavy atom. The van der Waals surface area contributed by atoms with Gasteiger partial charge >= 0.3 is 0 Å². The number of nitrogens with zero attached hydrogens (tertiary/aromatic N) is 6. The van der Waals surface area contributed by atoms with Crippen LogP contribution in [0.15, 0.2) is 148 Å². The van der Waals surface area contributed by atoms with Crippen LogP contribution >= 0.6 is 11.3 Å². The topological polar surface area (TPSA) is 109 Å². The van der Waals surface area contributed by atoms with Gasteiger partial charge in [-0.1, -0.05) is 30.3 Å². The smallest absolute Gasteiger partial charge is 0.227 e. The van der Waals surface area contributed by atoms with Gasteiger partial charge in [-0.05, 0) is 60.7 Å². The molecule has 0 spiro atoms. The Labute approximate surface area is 281 Å². The van der Waals surface area contributed by atoms with Gasteiger partial charge in [-0.3, -0.25) is 4.98 Å². The first-order valence-corrected chi connectivity index (χ1v) is 16.3. The summed E-state index contributed by atoms with van der Waals surface area (Å²) >= 11 is 1.68. The van der Waals surface area contributed by atoms with Crippen molar-refractivity contribution in [1.29, 1.82) is 0 Å². The zero-order chi connectivity index (χ0) is 32.3. The summed E-state index contributed by atoms with van der Waals surface area (Å²) in [6.07, 6.45) is 11.5. The van der Waals surface area contributed by atoms with E-state index in [1.807, 2.05) is 42.5 Å². The number of pyridine rings is 1. The largest absolute Gasteiger partial charge is 0.445 e. The maximum absolute atomic E-state index is 5.89. The number of oxazole rings is 3. The fraction of sp³-hybridized carbons (Fsp3) is 0. The van der Waals surface area contributed by atoms with Crippen molar-refractivity contribution < 1.29 is 13.3 Å². The molecule has 10 heteroatoms. The lowest BCUT2D eigenvalue weighted by atomic mass is 10.0. The summed E-state index contributed by atoms with van der Waals surface area (Å²) in [7, 11) is 0. The molecule has 10 aromatic rings. The maximum atomic E-state index is 5.89. The molecule has 0 aliphatic rings. The molecule has 10 rings (SSSR count). The van der Waals surface area contributed by atoms with Crippen LogP contribution in [0.5, 0.6) is 0 Å². The Balaban J connectivity index is 1.23. The van der Waals surface area contributed by atoms with E-state index >= 15 is 0 Å². The molecule has 0 fully saturated rings. The molecule has 9 nitrogen and oxygen atoms in total. The highest BCUT2D eigenvalue weighted by molar-refractivity contribution is 7.21. The first-order chi connectivity index (χ1) is 24.3. The SMILES string of the molecule is c1ccc2sc(-c3ccc4c5cc(-c6ncco6)ccc5n(-c5cc(-c6ccc(-c7ncco7)cn6)ccc5-c5ncco5)c4c3)nc2c1. The van der Waals surface area contributed by atoms with Crippen molar-refractivity contribution in [2.75, 3.05) is 0 Å². The molecule has 232 valence electrons. The first kappa shape index (κ1) is 27.5. The van der Waals surface area contributed by atoms with Crippen molar-refractivity contribution in [2.24, 2.45) is 0 Å². The van der Waals surface area contributed by atoms with Crippen LogP contribution in [0.3, 0.4) is 0 Å². The highest BCUT2D eigenvalue weighted by Crippen LogP contribution is 2.41. The number of hydrogen-bond acceptors (Lipinski definition) is 9. The highest BCUT2D eigenvalue weighted by Gasteiger charge is 2.21.